The molecule has 0 saturated carbocycles. The summed E-state index contributed by atoms with van der Waals surface area (Å²) in [4.78, 5) is 0. The van der Waals surface area contributed by atoms with Crippen LogP contribution >= 0.6 is 0 Å². The molecule has 78 valence electrons. The van der Waals surface area contributed by atoms with Gasteiger partial charge in [0.15, 0.2) is 0 Å². The smallest absolute Gasteiger partial charge is 0.129 e. The lowest BCUT2D eigenvalue weighted by atomic mass is 10.1. The number of rotatable bonds is 3. The summed E-state index contributed by atoms with van der Waals surface area (Å²) < 4.78 is 13.3. The number of aliphatic hydroxyl groups is 1. The molecule has 1 aromatic rings. The Balaban J connectivity index is 3.02. The summed E-state index contributed by atoms with van der Waals surface area (Å²) in [6, 6.07) is 2.47. The van der Waals surface area contributed by atoms with Gasteiger partial charge in [-0.3, -0.25) is 0 Å². The predicted octanol–water partition coefficient (Wildman–Crippen LogP) is 1.09. The van der Waals surface area contributed by atoms with Crippen LogP contribution in [0.2, 0.25) is 0 Å². The standard InChI is InChI=1S/C10H14FNO2/c1-6-3-8(11)7(4-9(6)13)10(14)5-12-2/h3-4,10,12-14H,5H2,1-2H3. The molecule has 3 N–H and O–H groups in total. The van der Waals surface area contributed by atoms with E-state index in [9.17, 15) is 14.6 Å². The lowest BCUT2D eigenvalue weighted by Crippen LogP contribution is -2.17. The van der Waals surface area contributed by atoms with Gasteiger partial charge in [0.25, 0.3) is 0 Å². The predicted molar refractivity (Wildman–Crippen MR) is 51.7 cm³/mol. The highest BCUT2D eigenvalue weighted by Gasteiger charge is 2.14. The number of halogens is 1. The zero-order valence-corrected chi connectivity index (χ0v) is 8.21. The molecule has 14 heavy (non-hydrogen) atoms. The summed E-state index contributed by atoms with van der Waals surface area (Å²) in [6.45, 7) is 1.85. The Morgan fingerprint density at radius 3 is 2.71 bits per heavy atom. The van der Waals surface area contributed by atoms with Crippen LogP contribution in [0.3, 0.4) is 0 Å². The zero-order valence-electron chi connectivity index (χ0n) is 8.21. The maximum Gasteiger partial charge on any atom is 0.129 e. The van der Waals surface area contributed by atoms with Crippen molar-refractivity contribution in [2.45, 2.75) is 13.0 Å². The third kappa shape index (κ3) is 2.21. The van der Waals surface area contributed by atoms with Crippen molar-refractivity contribution in [1.82, 2.24) is 5.32 Å². The van der Waals surface area contributed by atoms with Gasteiger partial charge in [0.05, 0.1) is 6.10 Å². The van der Waals surface area contributed by atoms with Gasteiger partial charge in [-0.2, -0.15) is 0 Å². The molecule has 0 heterocycles. The fourth-order valence-electron chi connectivity index (χ4n) is 1.24. The van der Waals surface area contributed by atoms with Crippen molar-refractivity contribution in [2.24, 2.45) is 0 Å². The van der Waals surface area contributed by atoms with Crippen LogP contribution in [-0.4, -0.2) is 23.8 Å². The second kappa shape index (κ2) is 4.39. The Hall–Kier alpha value is -1.13. The molecule has 0 fully saturated rings. The fourth-order valence-corrected chi connectivity index (χ4v) is 1.24. The summed E-state index contributed by atoms with van der Waals surface area (Å²) in [6.07, 6.45) is -0.938. The minimum Gasteiger partial charge on any atom is -0.508 e. The Morgan fingerprint density at radius 2 is 2.14 bits per heavy atom. The first-order valence-corrected chi connectivity index (χ1v) is 4.38. The average molecular weight is 199 g/mol. The molecular weight excluding hydrogens is 185 g/mol. The van der Waals surface area contributed by atoms with E-state index in [1.165, 1.54) is 12.1 Å². The minimum absolute atomic E-state index is 0.00319. The van der Waals surface area contributed by atoms with Crippen LogP contribution in [0.5, 0.6) is 5.75 Å². The Labute approximate surface area is 82.2 Å². The average Bonchev–Trinajstić information content (AvgIpc) is 2.11. The maximum atomic E-state index is 13.3. The Morgan fingerprint density at radius 1 is 1.50 bits per heavy atom. The van der Waals surface area contributed by atoms with Crippen molar-refractivity contribution in [3.8, 4) is 5.75 Å². The van der Waals surface area contributed by atoms with Crippen molar-refractivity contribution in [3.05, 3.63) is 29.1 Å². The molecule has 1 rings (SSSR count). The number of likely N-dealkylation sites (N-methyl/N-ethyl adjacent to an activating group) is 1. The zero-order chi connectivity index (χ0) is 10.7. The lowest BCUT2D eigenvalue weighted by Gasteiger charge is -2.12. The Bertz CT molecular complexity index is 328. The van der Waals surface area contributed by atoms with E-state index in [4.69, 9.17) is 0 Å². The molecule has 0 bridgehead atoms. The number of hydrogen-bond donors (Lipinski definition) is 3. The van der Waals surface area contributed by atoms with Crippen LogP contribution in [0.4, 0.5) is 4.39 Å². The highest BCUT2D eigenvalue weighted by atomic mass is 19.1. The SMILES string of the molecule is CNCC(O)c1cc(O)c(C)cc1F. The van der Waals surface area contributed by atoms with Crippen LogP contribution in [0, 0.1) is 12.7 Å². The summed E-state index contributed by atoms with van der Waals surface area (Å²) in [5.74, 6) is -0.500. The van der Waals surface area contributed by atoms with Crippen molar-refractivity contribution >= 4 is 0 Å². The highest BCUT2D eigenvalue weighted by Crippen LogP contribution is 2.25. The summed E-state index contributed by atoms with van der Waals surface area (Å²) >= 11 is 0. The molecule has 0 aliphatic heterocycles. The quantitative estimate of drug-likeness (QED) is 0.683. The molecule has 0 radical (unpaired) electrons. The van der Waals surface area contributed by atoms with E-state index in [0.29, 0.717) is 5.56 Å². The van der Waals surface area contributed by atoms with Crippen LogP contribution < -0.4 is 5.32 Å². The normalized spacial score (nSPS) is 12.9. The number of hydrogen-bond acceptors (Lipinski definition) is 3. The lowest BCUT2D eigenvalue weighted by molar-refractivity contribution is 0.172. The van der Waals surface area contributed by atoms with E-state index in [-0.39, 0.29) is 17.9 Å². The van der Waals surface area contributed by atoms with Gasteiger partial charge in [-0.25, -0.2) is 4.39 Å². The molecule has 0 aliphatic rings. The van der Waals surface area contributed by atoms with E-state index in [2.05, 4.69) is 5.32 Å². The first kappa shape index (κ1) is 10.9. The van der Waals surface area contributed by atoms with Gasteiger partial charge in [0.1, 0.15) is 11.6 Å². The van der Waals surface area contributed by atoms with Crippen molar-refractivity contribution in [1.29, 1.82) is 0 Å². The number of phenolic OH excluding ortho intramolecular Hbond substituents is 1. The van der Waals surface area contributed by atoms with Crippen molar-refractivity contribution < 1.29 is 14.6 Å². The molecule has 1 aromatic carbocycles. The summed E-state index contributed by atoms with van der Waals surface area (Å²) in [5.41, 5.74) is 0.574. The first-order chi connectivity index (χ1) is 6.56. The van der Waals surface area contributed by atoms with Gasteiger partial charge in [-0.05, 0) is 31.7 Å². The minimum atomic E-state index is -0.938. The van der Waals surface area contributed by atoms with E-state index >= 15 is 0 Å². The van der Waals surface area contributed by atoms with Crippen molar-refractivity contribution in [3.63, 3.8) is 0 Å². The Kier molecular flexibility index (Phi) is 3.43. The van der Waals surface area contributed by atoms with Gasteiger partial charge < -0.3 is 15.5 Å². The molecule has 0 amide bonds. The molecule has 3 nitrogen and oxygen atoms in total. The largest absolute Gasteiger partial charge is 0.508 e. The molecule has 0 aliphatic carbocycles. The van der Waals surface area contributed by atoms with E-state index in [1.54, 1.807) is 14.0 Å². The molecule has 1 unspecified atom stereocenters. The molecule has 4 heteroatoms. The van der Waals surface area contributed by atoms with E-state index < -0.39 is 11.9 Å². The summed E-state index contributed by atoms with van der Waals surface area (Å²) in [7, 11) is 1.66. The first-order valence-electron chi connectivity index (χ1n) is 4.38. The van der Waals surface area contributed by atoms with Gasteiger partial charge in [-0.1, -0.05) is 0 Å². The van der Waals surface area contributed by atoms with E-state index in [1.807, 2.05) is 0 Å². The number of nitrogens with one attached hydrogen (secondary N) is 1. The second-order valence-electron chi connectivity index (χ2n) is 3.23. The molecular formula is C10H14FNO2. The monoisotopic (exact) mass is 199 g/mol. The molecule has 0 spiro atoms. The highest BCUT2D eigenvalue weighted by molar-refractivity contribution is 5.37. The number of aromatic hydroxyl groups is 1. The van der Waals surface area contributed by atoms with Gasteiger partial charge in [0.2, 0.25) is 0 Å². The molecule has 0 saturated heterocycles. The van der Waals surface area contributed by atoms with Gasteiger partial charge in [-0.15, -0.1) is 0 Å². The van der Waals surface area contributed by atoms with Crippen LogP contribution in [0.15, 0.2) is 12.1 Å². The molecule has 0 aromatic heterocycles. The van der Waals surface area contributed by atoms with Crippen LogP contribution in [0.25, 0.3) is 0 Å². The molecule has 1 atom stereocenters. The van der Waals surface area contributed by atoms with Gasteiger partial charge >= 0.3 is 0 Å². The number of phenols is 1. The maximum absolute atomic E-state index is 13.3. The van der Waals surface area contributed by atoms with Crippen molar-refractivity contribution in [2.75, 3.05) is 13.6 Å². The van der Waals surface area contributed by atoms with Crippen LogP contribution in [0.1, 0.15) is 17.2 Å². The van der Waals surface area contributed by atoms with Crippen LogP contribution in [-0.2, 0) is 0 Å². The topological polar surface area (TPSA) is 52.5 Å². The van der Waals surface area contributed by atoms with Gasteiger partial charge in [0, 0.05) is 12.1 Å². The van der Waals surface area contributed by atoms with E-state index in [0.717, 1.165) is 0 Å². The fraction of sp³-hybridized carbons (Fsp3) is 0.400. The number of aliphatic hydroxyl groups excluding tert-OH is 1. The summed E-state index contributed by atoms with van der Waals surface area (Å²) in [5, 5.41) is 21.6. The third-order valence-corrected chi connectivity index (χ3v) is 2.07. The third-order valence-electron chi connectivity index (χ3n) is 2.07. The number of benzene rings is 1. The number of aryl methyl sites for hydroxylation is 1. The second-order valence-corrected chi connectivity index (χ2v) is 3.23.